The van der Waals surface area contributed by atoms with E-state index in [4.69, 9.17) is 11.6 Å². The molecule has 0 saturated carbocycles. The van der Waals surface area contributed by atoms with Gasteiger partial charge < -0.3 is 4.90 Å². The smallest absolute Gasteiger partial charge is 0.0467 e. The van der Waals surface area contributed by atoms with Crippen LogP contribution >= 0.6 is 11.6 Å². The molecule has 0 atom stereocenters. The number of benzene rings is 18. The van der Waals surface area contributed by atoms with Crippen molar-refractivity contribution in [3.05, 3.63) is 441 Å². The van der Waals surface area contributed by atoms with Crippen LogP contribution in [-0.2, 0) is 6.42 Å². The third-order valence-corrected chi connectivity index (χ3v) is 19.7. The van der Waals surface area contributed by atoms with Crippen LogP contribution in [0.4, 0.5) is 17.1 Å². The van der Waals surface area contributed by atoms with Crippen LogP contribution in [0.3, 0.4) is 0 Å². The number of rotatable bonds is 13. The lowest BCUT2D eigenvalue weighted by atomic mass is 9.93. The Kier molecular flexibility index (Phi) is 19.0. The van der Waals surface area contributed by atoms with Crippen molar-refractivity contribution in [3.8, 4) is 89.0 Å². The standard InChI is InChI=1S/C50H35N.C31H24.C20H13Cl/c1-3-13-36(14-4-1)38-25-29-44(30-26-38)51(45-31-27-39(28-32-45)41-19-11-18-40(33-41)37-15-5-2-6-16-37)46-21-12-20-42(34-46)50-35-43-17-7-8-22-47(43)48-23-9-10-24-49(48)50;1-3-10-26(11-4-1)29-14-7-9-25(22-29)21-24-17-19-28(20-18-24)31-16-8-15-30(23-31)27-12-5-2-6-13-27;21-16-8-5-7-14(12-16)20-13-15-6-1-2-9-17(15)18-10-3-4-11-19(18)20/h1-35H;1-20,22-23H,21H2;1-13H. The molecule has 0 spiro atoms. The molecule has 0 fully saturated rings. The van der Waals surface area contributed by atoms with E-state index in [1.165, 1.54) is 138 Å². The zero-order valence-corrected chi connectivity index (χ0v) is 57.7. The Morgan fingerprint density at radius 1 is 0.175 bits per heavy atom. The largest absolute Gasteiger partial charge is 0.310 e. The molecule has 0 aliphatic heterocycles. The lowest BCUT2D eigenvalue weighted by molar-refractivity contribution is 1.19. The molecular formula is C101H72ClN. The van der Waals surface area contributed by atoms with Gasteiger partial charge >= 0.3 is 0 Å². The molecule has 0 N–H and O–H groups in total. The van der Waals surface area contributed by atoms with Gasteiger partial charge in [0.15, 0.2) is 0 Å². The Balaban J connectivity index is 0.000000133. The molecule has 0 aliphatic rings. The summed E-state index contributed by atoms with van der Waals surface area (Å²) in [5, 5.41) is 10.9. The first-order chi connectivity index (χ1) is 51.0. The number of nitrogens with zero attached hydrogens (tertiary/aromatic N) is 1. The Hall–Kier alpha value is -12.9. The molecule has 0 aliphatic carbocycles. The molecule has 0 heterocycles. The first-order valence-corrected chi connectivity index (χ1v) is 35.6. The van der Waals surface area contributed by atoms with Crippen molar-refractivity contribution in [2.45, 2.75) is 6.42 Å². The molecule has 0 saturated heterocycles. The predicted octanol–water partition coefficient (Wildman–Crippen LogP) is 28.7. The van der Waals surface area contributed by atoms with E-state index in [0.29, 0.717) is 0 Å². The van der Waals surface area contributed by atoms with E-state index in [1.54, 1.807) is 0 Å². The van der Waals surface area contributed by atoms with Gasteiger partial charge in [-0.25, -0.2) is 0 Å². The fraction of sp³-hybridized carbons (Fsp3) is 0.00990. The maximum Gasteiger partial charge on any atom is 0.0467 e. The minimum Gasteiger partial charge on any atom is -0.310 e. The van der Waals surface area contributed by atoms with E-state index in [9.17, 15) is 0 Å². The van der Waals surface area contributed by atoms with Gasteiger partial charge in [-0.15, -0.1) is 0 Å². The van der Waals surface area contributed by atoms with E-state index in [2.05, 4.69) is 411 Å². The van der Waals surface area contributed by atoms with Crippen molar-refractivity contribution < 1.29 is 0 Å². The molecule has 2 heteroatoms. The number of halogens is 1. The van der Waals surface area contributed by atoms with Gasteiger partial charge in [-0.3, -0.25) is 0 Å². The molecule has 18 rings (SSSR count). The van der Waals surface area contributed by atoms with E-state index in [0.717, 1.165) is 34.1 Å². The van der Waals surface area contributed by atoms with Gasteiger partial charge in [0, 0.05) is 22.1 Å². The van der Waals surface area contributed by atoms with E-state index < -0.39 is 0 Å². The molecule has 0 radical (unpaired) electrons. The van der Waals surface area contributed by atoms with E-state index in [1.807, 2.05) is 18.2 Å². The maximum absolute atomic E-state index is 6.16. The summed E-state index contributed by atoms with van der Waals surface area (Å²) in [6.07, 6.45) is 0.936. The fourth-order valence-electron chi connectivity index (χ4n) is 14.3. The number of anilines is 3. The van der Waals surface area contributed by atoms with Gasteiger partial charge in [0.05, 0.1) is 0 Å². The molecule has 0 aromatic heterocycles. The number of fused-ring (bicyclic) bond motifs is 6. The van der Waals surface area contributed by atoms with Crippen molar-refractivity contribution in [3.63, 3.8) is 0 Å². The summed E-state index contributed by atoms with van der Waals surface area (Å²) in [4.78, 5) is 2.37. The number of hydrogen-bond donors (Lipinski definition) is 0. The van der Waals surface area contributed by atoms with Crippen molar-refractivity contribution in [1.82, 2.24) is 0 Å². The molecule has 1 nitrogen and oxygen atoms in total. The average molecular weight is 1340 g/mol. The highest BCUT2D eigenvalue weighted by atomic mass is 35.5. The van der Waals surface area contributed by atoms with Crippen LogP contribution in [0.15, 0.2) is 425 Å². The van der Waals surface area contributed by atoms with Gasteiger partial charge in [0.1, 0.15) is 0 Å². The van der Waals surface area contributed by atoms with E-state index in [-0.39, 0.29) is 0 Å². The Labute approximate surface area is 608 Å². The molecule has 0 bridgehead atoms. The zero-order chi connectivity index (χ0) is 69.1. The summed E-state index contributed by atoms with van der Waals surface area (Å²) < 4.78 is 0. The van der Waals surface area contributed by atoms with Crippen molar-refractivity contribution in [2.75, 3.05) is 4.90 Å². The average Bonchev–Trinajstić information content (AvgIpc) is 0.769. The van der Waals surface area contributed by atoms with E-state index >= 15 is 0 Å². The molecule has 488 valence electrons. The minimum absolute atomic E-state index is 0.768. The molecule has 0 unspecified atom stereocenters. The maximum atomic E-state index is 6.16. The lowest BCUT2D eigenvalue weighted by Crippen LogP contribution is -2.10. The van der Waals surface area contributed by atoms with Crippen LogP contribution in [0.1, 0.15) is 11.1 Å². The van der Waals surface area contributed by atoms with Crippen molar-refractivity contribution in [2.24, 2.45) is 0 Å². The second kappa shape index (κ2) is 30.3. The molecule has 0 amide bonds. The predicted molar refractivity (Wildman–Crippen MR) is 442 cm³/mol. The van der Waals surface area contributed by atoms with Crippen LogP contribution in [0.2, 0.25) is 5.02 Å². The highest BCUT2D eigenvalue weighted by Crippen LogP contribution is 2.42. The van der Waals surface area contributed by atoms with Gasteiger partial charge in [-0.05, 0) is 222 Å². The second-order valence-corrected chi connectivity index (χ2v) is 26.5. The van der Waals surface area contributed by atoms with Crippen LogP contribution in [-0.4, -0.2) is 0 Å². The van der Waals surface area contributed by atoms with Crippen LogP contribution in [0, 0.1) is 0 Å². The van der Waals surface area contributed by atoms with Crippen LogP contribution in [0.5, 0.6) is 0 Å². The first kappa shape index (κ1) is 64.7. The van der Waals surface area contributed by atoms with Gasteiger partial charge in [-0.2, -0.15) is 0 Å². The monoisotopic (exact) mass is 1330 g/mol. The summed E-state index contributed by atoms with van der Waals surface area (Å²) in [6.45, 7) is 0. The SMILES string of the molecule is Clc1cccc(-c2cc3ccccc3c3ccccc23)c1.c1ccc(-c2ccc(N(c3ccc(-c4cccc(-c5ccccc5)c4)cc3)c3cccc(-c4cc5ccccc5c5ccccc45)c3)cc2)cc1.c1ccc(-c2cccc(Cc3ccc(-c4cccc(-c5ccccc5)c4)cc3)c2)cc1. The third-order valence-electron chi connectivity index (χ3n) is 19.4. The summed E-state index contributed by atoms with van der Waals surface area (Å²) in [5.41, 5.74) is 25.6. The Bertz CT molecular complexity index is 5930. The second-order valence-electron chi connectivity index (χ2n) is 26.1. The molecule has 103 heavy (non-hydrogen) atoms. The topological polar surface area (TPSA) is 3.24 Å². The first-order valence-electron chi connectivity index (χ1n) is 35.2. The summed E-state index contributed by atoms with van der Waals surface area (Å²) in [6, 6.07) is 152. The minimum atomic E-state index is 0.768. The van der Waals surface area contributed by atoms with Gasteiger partial charge in [0.2, 0.25) is 0 Å². The van der Waals surface area contributed by atoms with Crippen molar-refractivity contribution >= 4 is 71.8 Å². The van der Waals surface area contributed by atoms with Crippen molar-refractivity contribution in [1.29, 1.82) is 0 Å². The highest BCUT2D eigenvalue weighted by Gasteiger charge is 2.17. The molecular weight excluding hydrogens is 1260 g/mol. The third kappa shape index (κ3) is 14.6. The Morgan fingerprint density at radius 2 is 0.485 bits per heavy atom. The number of hydrogen-bond acceptors (Lipinski definition) is 1. The fourth-order valence-corrected chi connectivity index (χ4v) is 14.5. The normalized spacial score (nSPS) is 11.0. The summed E-state index contributed by atoms with van der Waals surface area (Å²) in [5.74, 6) is 0. The molecule has 18 aromatic rings. The lowest BCUT2D eigenvalue weighted by Gasteiger charge is -2.26. The summed E-state index contributed by atoms with van der Waals surface area (Å²) >= 11 is 6.16. The zero-order valence-electron chi connectivity index (χ0n) is 56.9. The molecule has 18 aromatic carbocycles. The van der Waals surface area contributed by atoms with Gasteiger partial charge in [-0.1, -0.05) is 363 Å². The summed E-state index contributed by atoms with van der Waals surface area (Å²) in [7, 11) is 0. The highest BCUT2D eigenvalue weighted by molar-refractivity contribution is 6.31. The van der Waals surface area contributed by atoms with Gasteiger partial charge in [0.25, 0.3) is 0 Å². The van der Waals surface area contributed by atoms with Crippen LogP contribution in [0.25, 0.3) is 132 Å². The Morgan fingerprint density at radius 3 is 0.932 bits per heavy atom. The van der Waals surface area contributed by atoms with Crippen LogP contribution < -0.4 is 4.90 Å². The quantitative estimate of drug-likeness (QED) is 0.104.